The van der Waals surface area contributed by atoms with Gasteiger partial charge in [0.15, 0.2) is 5.43 Å². The van der Waals surface area contributed by atoms with Gasteiger partial charge >= 0.3 is 0 Å². The highest BCUT2D eigenvalue weighted by Gasteiger charge is 2.27. The second-order valence-electron chi connectivity index (χ2n) is 9.72. The number of aromatic nitrogens is 3. The van der Waals surface area contributed by atoms with Crippen LogP contribution in [-0.4, -0.2) is 38.6 Å². The lowest BCUT2D eigenvalue weighted by atomic mass is 10.0. The molecule has 1 saturated heterocycles. The van der Waals surface area contributed by atoms with Crippen LogP contribution in [-0.2, 0) is 20.1 Å². The largest absolute Gasteiger partial charge is 0.369 e. The summed E-state index contributed by atoms with van der Waals surface area (Å²) in [5, 5.41) is 0.781. The van der Waals surface area contributed by atoms with Crippen LogP contribution in [0.4, 0.5) is 5.69 Å². The molecule has 4 aromatic rings. The van der Waals surface area contributed by atoms with E-state index in [-0.39, 0.29) is 5.43 Å². The zero-order chi connectivity index (χ0) is 24.4. The van der Waals surface area contributed by atoms with Crippen molar-refractivity contribution in [3.05, 3.63) is 99.9 Å². The van der Waals surface area contributed by atoms with Gasteiger partial charge in [-0.15, -0.1) is 0 Å². The number of nitrogens with zero attached hydrogens (tertiary/aromatic N) is 5. The van der Waals surface area contributed by atoms with Crippen molar-refractivity contribution in [2.45, 2.75) is 45.8 Å². The zero-order valence-electron chi connectivity index (χ0n) is 20.8. The molecule has 1 aliphatic rings. The van der Waals surface area contributed by atoms with Crippen LogP contribution in [0.2, 0.25) is 0 Å². The van der Waals surface area contributed by atoms with Gasteiger partial charge in [-0.2, -0.15) is 0 Å². The smallest absolute Gasteiger partial charge is 0.193 e. The molecule has 0 spiro atoms. The van der Waals surface area contributed by atoms with Crippen LogP contribution in [0.3, 0.4) is 0 Å². The van der Waals surface area contributed by atoms with Crippen LogP contribution in [0, 0.1) is 13.8 Å². The maximum atomic E-state index is 13.5. The molecule has 0 unspecified atom stereocenters. The summed E-state index contributed by atoms with van der Waals surface area (Å²) in [7, 11) is 2.02. The van der Waals surface area contributed by atoms with E-state index in [2.05, 4.69) is 48.6 Å². The van der Waals surface area contributed by atoms with Crippen molar-refractivity contribution in [1.29, 1.82) is 0 Å². The Morgan fingerprint density at radius 1 is 1.03 bits per heavy atom. The number of anilines is 1. The first kappa shape index (κ1) is 23.2. The summed E-state index contributed by atoms with van der Waals surface area (Å²) < 4.78 is 2.08. The molecule has 0 N–H and O–H groups in total. The zero-order valence-corrected chi connectivity index (χ0v) is 20.8. The number of benzene rings is 1. The Morgan fingerprint density at radius 2 is 1.89 bits per heavy atom. The van der Waals surface area contributed by atoms with Gasteiger partial charge in [0.25, 0.3) is 0 Å². The topological polar surface area (TPSA) is 54.3 Å². The molecule has 180 valence electrons. The molecule has 1 aromatic carbocycles. The molecule has 3 aromatic heterocycles. The lowest BCUT2D eigenvalue weighted by Crippen LogP contribution is -2.48. The van der Waals surface area contributed by atoms with E-state index < -0.39 is 0 Å². The summed E-state index contributed by atoms with van der Waals surface area (Å²) >= 11 is 0. The molecule has 1 atom stereocenters. The molecular weight excluding hydrogens is 434 g/mol. The van der Waals surface area contributed by atoms with Gasteiger partial charge in [-0.1, -0.05) is 12.1 Å². The fourth-order valence-electron chi connectivity index (χ4n) is 5.23. The molecule has 0 radical (unpaired) electrons. The molecule has 35 heavy (non-hydrogen) atoms. The molecular formula is C29H33N5O. The lowest BCUT2D eigenvalue weighted by Gasteiger charge is -2.40. The second kappa shape index (κ2) is 10.0. The number of hydrogen-bond acceptors (Lipinski definition) is 5. The Kier molecular flexibility index (Phi) is 6.64. The van der Waals surface area contributed by atoms with Gasteiger partial charge in [0, 0.05) is 74.0 Å². The molecule has 6 heteroatoms. The van der Waals surface area contributed by atoms with E-state index in [0.29, 0.717) is 12.6 Å². The van der Waals surface area contributed by atoms with E-state index in [4.69, 9.17) is 0 Å². The summed E-state index contributed by atoms with van der Waals surface area (Å²) in [5.74, 6) is 0. The number of aryl methyl sites for hydroxylation is 3. The van der Waals surface area contributed by atoms with Crippen LogP contribution in [0.1, 0.15) is 35.4 Å². The van der Waals surface area contributed by atoms with Gasteiger partial charge in [0.1, 0.15) is 0 Å². The van der Waals surface area contributed by atoms with Crippen LogP contribution in [0.5, 0.6) is 0 Å². The molecule has 1 aliphatic heterocycles. The molecule has 4 heterocycles. The number of piperidine rings is 1. The predicted octanol–water partition coefficient (Wildman–Crippen LogP) is 4.62. The third-order valence-electron chi connectivity index (χ3n) is 7.06. The molecule has 0 amide bonds. The van der Waals surface area contributed by atoms with Crippen molar-refractivity contribution in [2.75, 3.05) is 18.0 Å². The molecule has 0 aliphatic carbocycles. The van der Waals surface area contributed by atoms with Crippen molar-refractivity contribution in [3.63, 3.8) is 0 Å². The lowest BCUT2D eigenvalue weighted by molar-refractivity contribution is 0.158. The van der Waals surface area contributed by atoms with Crippen molar-refractivity contribution in [2.24, 2.45) is 7.05 Å². The normalized spacial score (nSPS) is 16.2. The van der Waals surface area contributed by atoms with E-state index in [1.54, 1.807) is 0 Å². The number of para-hydroxylation sites is 1. The van der Waals surface area contributed by atoms with Gasteiger partial charge in [-0.05, 0) is 68.7 Å². The molecule has 0 bridgehead atoms. The van der Waals surface area contributed by atoms with Crippen molar-refractivity contribution >= 4 is 16.6 Å². The second-order valence-corrected chi connectivity index (χ2v) is 9.72. The van der Waals surface area contributed by atoms with Gasteiger partial charge < -0.3 is 9.47 Å². The van der Waals surface area contributed by atoms with Crippen LogP contribution < -0.4 is 10.3 Å². The van der Waals surface area contributed by atoms with Gasteiger partial charge in [-0.25, -0.2) is 0 Å². The van der Waals surface area contributed by atoms with Crippen LogP contribution in [0.15, 0.2) is 71.9 Å². The fourth-order valence-corrected chi connectivity index (χ4v) is 5.23. The average molecular weight is 468 g/mol. The first-order valence-corrected chi connectivity index (χ1v) is 12.4. The highest BCUT2D eigenvalue weighted by molar-refractivity contribution is 5.79. The Hall–Kier alpha value is -3.51. The Morgan fingerprint density at radius 3 is 2.69 bits per heavy atom. The van der Waals surface area contributed by atoms with Gasteiger partial charge in [0.05, 0.1) is 17.4 Å². The van der Waals surface area contributed by atoms with E-state index in [0.717, 1.165) is 60.3 Å². The highest BCUT2D eigenvalue weighted by Crippen LogP contribution is 2.25. The number of fused-ring (bicyclic) bond motifs is 1. The number of pyridine rings is 3. The minimum Gasteiger partial charge on any atom is -0.369 e. The summed E-state index contributed by atoms with van der Waals surface area (Å²) in [6.07, 6.45) is 8.09. The monoisotopic (exact) mass is 467 g/mol. The Labute approximate surface area is 206 Å². The fraction of sp³-hybridized carbons (Fsp3) is 0.345. The van der Waals surface area contributed by atoms with Gasteiger partial charge in [-0.3, -0.25) is 19.7 Å². The molecule has 5 rings (SSSR count). The van der Waals surface area contributed by atoms with Crippen molar-refractivity contribution in [1.82, 2.24) is 19.4 Å². The minimum atomic E-state index is 0.130. The SMILES string of the molecule is Cc1ccc(N2CCC[C@H](N(Cc3ccnc(C)c3)Cc3cn(C)c4ccccc4c3=O)C2)cn1. The molecule has 1 fully saturated rings. The number of rotatable bonds is 6. The maximum absolute atomic E-state index is 13.5. The Bertz CT molecular complexity index is 1380. The molecule has 6 nitrogen and oxygen atoms in total. The first-order valence-electron chi connectivity index (χ1n) is 12.4. The van der Waals surface area contributed by atoms with Crippen molar-refractivity contribution in [3.8, 4) is 0 Å². The predicted molar refractivity (Wildman–Crippen MR) is 142 cm³/mol. The quantitative estimate of drug-likeness (QED) is 0.414. The third-order valence-corrected chi connectivity index (χ3v) is 7.06. The minimum absolute atomic E-state index is 0.130. The third kappa shape index (κ3) is 5.13. The van der Waals surface area contributed by atoms with E-state index in [1.165, 1.54) is 11.3 Å². The highest BCUT2D eigenvalue weighted by atomic mass is 16.1. The van der Waals surface area contributed by atoms with Gasteiger partial charge in [0.2, 0.25) is 0 Å². The van der Waals surface area contributed by atoms with E-state index in [9.17, 15) is 4.79 Å². The van der Waals surface area contributed by atoms with E-state index >= 15 is 0 Å². The maximum Gasteiger partial charge on any atom is 0.193 e. The summed E-state index contributed by atoms with van der Waals surface area (Å²) in [4.78, 5) is 27.3. The standard InChI is InChI=1S/C29H33N5O/c1-21-10-11-25(16-31-21)33-14-6-7-26(20-33)34(17-23-12-13-30-22(2)15-23)19-24-18-32(3)28-9-5-4-8-27(28)29(24)35/h4-5,8-13,15-16,18,26H,6-7,14,17,19-20H2,1-3H3/t26-/m0/s1. The van der Waals surface area contributed by atoms with Crippen molar-refractivity contribution < 1.29 is 0 Å². The average Bonchev–Trinajstić information content (AvgIpc) is 2.87. The summed E-state index contributed by atoms with van der Waals surface area (Å²) in [6, 6.07) is 16.7. The van der Waals surface area contributed by atoms with Crippen LogP contribution >= 0.6 is 0 Å². The summed E-state index contributed by atoms with van der Waals surface area (Å²) in [5.41, 5.74) is 6.37. The first-order chi connectivity index (χ1) is 17.0. The Balaban J connectivity index is 1.47. The summed E-state index contributed by atoms with van der Waals surface area (Å²) in [6.45, 7) is 7.39. The van der Waals surface area contributed by atoms with Crippen LogP contribution in [0.25, 0.3) is 10.9 Å². The number of hydrogen-bond donors (Lipinski definition) is 0. The molecule has 0 saturated carbocycles. The van der Waals surface area contributed by atoms with E-state index in [1.807, 2.05) is 63.8 Å².